The van der Waals surface area contributed by atoms with Crippen LogP contribution in [0.1, 0.15) is 26.2 Å². The molecular weight excluding hydrogens is 283 g/mol. The van der Waals surface area contributed by atoms with Crippen molar-refractivity contribution in [1.82, 2.24) is 20.2 Å². The van der Waals surface area contributed by atoms with Crippen LogP contribution in [0.4, 0.5) is 18.9 Å². The molecule has 1 aromatic heterocycles. The minimum atomic E-state index is -4.08. The van der Waals surface area contributed by atoms with Gasteiger partial charge in [0.15, 0.2) is 0 Å². The molecule has 0 bridgehead atoms. The summed E-state index contributed by atoms with van der Waals surface area (Å²) in [4.78, 5) is 0. The molecule has 2 aromatic rings. The quantitative estimate of drug-likeness (QED) is 0.890. The summed E-state index contributed by atoms with van der Waals surface area (Å²) < 4.78 is 37.7. The Hall–Kier alpha value is -2.12. The zero-order valence-electron chi connectivity index (χ0n) is 11.5. The Kier molecular flexibility index (Phi) is 4.77. The fraction of sp³-hybridized carbons (Fsp3) is 0.462. The summed E-state index contributed by atoms with van der Waals surface area (Å²) in [5.41, 5.74) is 1.67. The smallest absolute Gasteiger partial charge is 0.383 e. The Morgan fingerprint density at radius 2 is 1.95 bits per heavy atom. The Bertz CT molecular complexity index is 536. The van der Waals surface area contributed by atoms with Gasteiger partial charge in [0.25, 0.3) is 0 Å². The highest BCUT2D eigenvalue weighted by atomic mass is 19.4. The predicted molar refractivity (Wildman–Crippen MR) is 72.1 cm³/mol. The monoisotopic (exact) mass is 299 g/mol. The molecule has 5 nitrogen and oxygen atoms in total. The average Bonchev–Trinajstić information content (AvgIpc) is 2.92. The summed E-state index contributed by atoms with van der Waals surface area (Å²) >= 11 is 0. The van der Waals surface area contributed by atoms with E-state index in [2.05, 4.69) is 20.8 Å². The van der Waals surface area contributed by atoms with E-state index in [4.69, 9.17) is 0 Å². The third-order valence-corrected chi connectivity index (χ3v) is 2.99. The standard InChI is InChI=1S/C13H16F3N5/c1-10(3-2-8-13(14,15)16)18-11-4-6-12(7-5-11)21-9-17-19-20-21/h4-7,9-10,18H,2-3,8H2,1H3. The maximum absolute atomic E-state index is 12.1. The number of anilines is 1. The third-order valence-electron chi connectivity index (χ3n) is 2.99. The van der Waals surface area contributed by atoms with Gasteiger partial charge in [0.2, 0.25) is 0 Å². The number of hydrogen-bond acceptors (Lipinski definition) is 4. The third kappa shape index (κ3) is 5.05. The summed E-state index contributed by atoms with van der Waals surface area (Å²) in [5, 5.41) is 14.0. The van der Waals surface area contributed by atoms with Gasteiger partial charge >= 0.3 is 6.18 Å². The van der Waals surface area contributed by atoms with E-state index in [1.54, 1.807) is 0 Å². The van der Waals surface area contributed by atoms with Crippen molar-refractivity contribution < 1.29 is 13.2 Å². The maximum atomic E-state index is 12.1. The molecule has 1 aromatic carbocycles. The summed E-state index contributed by atoms with van der Waals surface area (Å²) in [6.07, 6.45) is -2.73. The molecule has 0 aliphatic carbocycles. The van der Waals surface area contributed by atoms with Crippen LogP contribution in [-0.2, 0) is 0 Å². The van der Waals surface area contributed by atoms with E-state index in [-0.39, 0.29) is 12.5 Å². The number of halogens is 3. The van der Waals surface area contributed by atoms with Gasteiger partial charge in [-0.3, -0.25) is 0 Å². The molecule has 1 unspecified atom stereocenters. The van der Waals surface area contributed by atoms with Gasteiger partial charge in [-0.2, -0.15) is 13.2 Å². The first kappa shape index (κ1) is 15.3. The first-order valence-electron chi connectivity index (χ1n) is 6.61. The van der Waals surface area contributed by atoms with Gasteiger partial charge in [0.1, 0.15) is 6.33 Å². The molecular formula is C13H16F3N5. The molecule has 0 aliphatic heterocycles. The van der Waals surface area contributed by atoms with Crippen LogP contribution in [0, 0.1) is 0 Å². The average molecular weight is 299 g/mol. The van der Waals surface area contributed by atoms with Gasteiger partial charge in [-0.25, -0.2) is 4.68 Å². The lowest BCUT2D eigenvalue weighted by atomic mass is 10.1. The second kappa shape index (κ2) is 6.55. The van der Waals surface area contributed by atoms with Gasteiger partial charge in [-0.05, 0) is 54.5 Å². The maximum Gasteiger partial charge on any atom is 0.389 e. The van der Waals surface area contributed by atoms with E-state index in [0.29, 0.717) is 6.42 Å². The minimum absolute atomic E-state index is 0.0220. The molecule has 0 saturated carbocycles. The largest absolute Gasteiger partial charge is 0.389 e. The van der Waals surface area contributed by atoms with Gasteiger partial charge in [-0.15, -0.1) is 5.10 Å². The van der Waals surface area contributed by atoms with Crippen LogP contribution in [-0.4, -0.2) is 32.4 Å². The summed E-state index contributed by atoms with van der Waals surface area (Å²) in [6, 6.07) is 7.34. The highest BCUT2D eigenvalue weighted by molar-refractivity contribution is 5.48. The first-order chi connectivity index (χ1) is 9.94. The lowest BCUT2D eigenvalue weighted by molar-refractivity contribution is -0.135. The van der Waals surface area contributed by atoms with Crippen LogP contribution >= 0.6 is 0 Å². The fourth-order valence-corrected chi connectivity index (χ4v) is 1.96. The number of alkyl halides is 3. The van der Waals surface area contributed by atoms with E-state index in [9.17, 15) is 13.2 Å². The van der Waals surface area contributed by atoms with Crippen molar-refractivity contribution >= 4 is 5.69 Å². The zero-order chi connectivity index (χ0) is 15.3. The lowest BCUT2D eigenvalue weighted by Gasteiger charge is -2.16. The minimum Gasteiger partial charge on any atom is -0.383 e. The van der Waals surface area contributed by atoms with Crippen LogP contribution in [0.3, 0.4) is 0 Å². The molecule has 0 radical (unpaired) electrons. The van der Waals surface area contributed by atoms with Crippen molar-refractivity contribution in [3.05, 3.63) is 30.6 Å². The van der Waals surface area contributed by atoms with Crippen LogP contribution in [0.5, 0.6) is 0 Å². The highest BCUT2D eigenvalue weighted by Gasteiger charge is 2.26. The van der Waals surface area contributed by atoms with E-state index < -0.39 is 12.6 Å². The van der Waals surface area contributed by atoms with E-state index in [1.165, 1.54) is 11.0 Å². The molecule has 1 heterocycles. The Labute approximate surface area is 120 Å². The van der Waals surface area contributed by atoms with Crippen molar-refractivity contribution in [3.8, 4) is 5.69 Å². The van der Waals surface area contributed by atoms with Crippen LogP contribution in [0.2, 0.25) is 0 Å². The fourth-order valence-electron chi connectivity index (χ4n) is 1.96. The number of nitrogens with one attached hydrogen (secondary N) is 1. The van der Waals surface area contributed by atoms with Crippen LogP contribution < -0.4 is 5.32 Å². The van der Waals surface area contributed by atoms with Gasteiger partial charge < -0.3 is 5.32 Å². The van der Waals surface area contributed by atoms with Crippen molar-refractivity contribution in [2.45, 2.75) is 38.4 Å². The highest BCUT2D eigenvalue weighted by Crippen LogP contribution is 2.23. The van der Waals surface area contributed by atoms with Crippen molar-refractivity contribution in [2.24, 2.45) is 0 Å². The molecule has 1 atom stereocenters. The molecule has 1 N–H and O–H groups in total. The molecule has 2 rings (SSSR count). The molecule has 0 amide bonds. The number of hydrogen-bond donors (Lipinski definition) is 1. The summed E-state index contributed by atoms with van der Waals surface area (Å²) in [5.74, 6) is 0. The predicted octanol–water partition coefficient (Wildman–Crippen LogP) is 3.20. The van der Waals surface area contributed by atoms with Gasteiger partial charge in [0, 0.05) is 18.2 Å². The van der Waals surface area contributed by atoms with Gasteiger partial charge in [0.05, 0.1) is 5.69 Å². The SMILES string of the molecule is CC(CCCC(F)(F)F)Nc1ccc(-n2cnnn2)cc1. The second-order valence-corrected chi connectivity index (χ2v) is 4.85. The Morgan fingerprint density at radius 3 is 2.52 bits per heavy atom. The molecule has 0 aliphatic rings. The lowest BCUT2D eigenvalue weighted by Crippen LogP contribution is -2.16. The molecule has 0 saturated heterocycles. The first-order valence-corrected chi connectivity index (χ1v) is 6.61. The van der Waals surface area contributed by atoms with Crippen molar-refractivity contribution in [2.75, 3.05) is 5.32 Å². The van der Waals surface area contributed by atoms with Crippen LogP contribution in [0.15, 0.2) is 30.6 Å². The molecule has 21 heavy (non-hydrogen) atoms. The molecule has 0 spiro atoms. The summed E-state index contributed by atoms with van der Waals surface area (Å²) in [6.45, 7) is 1.87. The number of nitrogens with zero attached hydrogens (tertiary/aromatic N) is 4. The van der Waals surface area contributed by atoms with Gasteiger partial charge in [-0.1, -0.05) is 0 Å². The number of tetrazole rings is 1. The van der Waals surface area contributed by atoms with E-state index in [0.717, 1.165) is 11.4 Å². The molecule has 0 fully saturated rings. The normalized spacial score (nSPS) is 13.1. The van der Waals surface area contributed by atoms with Crippen molar-refractivity contribution in [1.29, 1.82) is 0 Å². The number of aromatic nitrogens is 4. The van der Waals surface area contributed by atoms with E-state index >= 15 is 0 Å². The zero-order valence-corrected chi connectivity index (χ0v) is 11.5. The van der Waals surface area contributed by atoms with Crippen LogP contribution in [0.25, 0.3) is 5.69 Å². The topological polar surface area (TPSA) is 55.6 Å². The Morgan fingerprint density at radius 1 is 1.24 bits per heavy atom. The van der Waals surface area contributed by atoms with E-state index in [1.807, 2.05) is 31.2 Å². The Balaban J connectivity index is 1.83. The number of rotatable bonds is 6. The van der Waals surface area contributed by atoms with Crippen molar-refractivity contribution in [3.63, 3.8) is 0 Å². The molecule has 8 heteroatoms. The second-order valence-electron chi connectivity index (χ2n) is 4.85. The number of benzene rings is 1. The summed E-state index contributed by atoms with van der Waals surface area (Å²) in [7, 11) is 0. The molecule has 114 valence electrons.